The molecule has 2 aliphatic rings. The molecule has 0 unspecified atom stereocenters. The van der Waals surface area contributed by atoms with Gasteiger partial charge in [-0.2, -0.15) is 0 Å². The standard InChI is InChI=1S/C9H16O4/c1-7(2)9(12-5-10-7)8(3,4)11-6-13-9/h5-6H2,1-4H3. The van der Waals surface area contributed by atoms with E-state index >= 15 is 0 Å². The molecule has 0 aromatic heterocycles. The summed E-state index contributed by atoms with van der Waals surface area (Å²) in [5.74, 6) is -0.764. The third-order valence-corrected chi connectivity index (χ3v) is 2.95. The lowest BCUT2D eigenvalue weighted by Crippen LogP contribution is -2.59. The first-order chi connectivity index (χ1) is 5.91. The Hall–Kier alpha value is -0.160. The van der Waals surface area contributed by atoms with Crippen molar-refractivity contribution in [2.75, 3.05) is 13.6 Å². The second-order valence-electron chi connectivity index (χ2n) is 4.45. The van der Waals surface area contributed by atoms with E-state index in [2.05, 4.69) is 0 Å². The van der Waals surface area contributed by atoms with Crippen molar-refractivity contribution in [3.8, 4) is 0 Å². The molecule has 0 bridgehead atoms. The fourth-order valence-electron chi connectivity index (χ4n) is 2.17. The highest BCUT2D eigenvalue weighted by Gasteiger charge is 2.66. The molecule has 13 heavy (non-hydrogen) atoms. The van der Waals surface area contributed by atoms with Crippen LogP contribution >= 0.6 is 0 Å². The second kappa shape index (κ2) is 2.45. The highest BCUT2D eigenvalue weighted by Crippen LogP contribution is 2.48. The van der Waals surface area contributed by atoms with Gasteiger partial charge < -0.3 is 18.9 Å². The SMILES string of the molecule is CC1(C)OCOC12OCOC2(C)C. The van der Waals surface area contributed by atoms with Crippen LogP contribution in [0.1, 0.15) is 27.7 Å². The van der Waals surface area contributed by atoms with Gasteiger partial charge in [0.05, 0.1) is 0 Å². The lowest BCUT2D eigenvalue weighted by atomic mass is 9.84. The number of ether oxygens (including phenoxy) is 4. The summed E-state index contributed by atoms with van der Waals surface area (Å²) in [7, 11) is 0. The average molecular weight is 188 g/mol. The Bertz CT molecular complexity index is 198. The van der Waals surface area contributed by atoms with E-state index in [0.29, 0.717) is 0 Å². The van der Waals surface area contributed by atoms with Gasteiger partial charge >= 0.3 is 0 Å². The first-order valence-corrected chi connectivity index (χ1v) is 4.47. The maximum Gasteiger partial charge on any atom is 0.230 e. The highest BCUT2D eigenvalue weighted by molar-refractivity contribution is 5.05. The fourth-order valence-corrected chi connectivity index (χ4v) is 2.17. The van der Waals surface area contributed by atoms with Crippen LogP contribution in [-0.2, 0) is 18.9 Å². The van der Waals surface area contributed by atoms with Gasteiger partial charge in [0, 0.05) is 0 Å². The largest absolute Gasteiger partial charge is 0.344 e. The number of hydrogen-bond donors (Lipinski definition) is 0. The molecule has 0 aromatic rings. The summed E-state index contributed by atoms with van der Waals surface area (Å²) in [5, 5.41) is 0. The van der Waals surface area contributed by atoms with Crippen LogP contribution in [0.25, 0.3) is 0 Å². The predicted molar refractivity (Wildman–Crippen MR) is 45.0 cm³/mol. The third-order valence-electron chi connectivity index (χ3n) is 2.95. The Morgan fingerprint density at radius 3 is 1.31 bits per heavy atom. The zero-order valence-corrected chi connectivity index (χ0v) is 8.55. The van der Waals surface area contributed by atoms with Crippen molar-refractivity contribution in [3.63, 3.8) is 0 Å². The van der Waals surface area contributed by atoms with E-state index in [1.54, 1.807) is 0 Å². The number of rotatable bonds is 0. The van der Waals surface area contributed by atoms with Gasteiger partial charge in [-0.05, 0) is 27.7 Å². The van der Waals surface area contributed by atoms with Gasteiger partial charge in [0.25, 0.3) is 0 Å². The summed E-state index contributed by atoms with van der Waals surface area (Å²) in [6, 6.07) is 0. The van der Waals surface area contributed by atoms with E-state index in [0.717, 1.165) is 0 Å². The number of hydrogen-bond acceptors (Lipinski definition) is 4. The molecule has 4 heteroatoms. The van der Waals surface area contributed by atoms with E-state index in [9.17, 15) is 0 Å². The van der Waals surface area contributed by atoms with Crippen molar-refractivity contribution < 1.29 is 18.9 Å². The van der Waals surface area contributed by atoms with Crippen LogP contribution in [0.4, 0.5) is 0 Å². The summed E-state index contributed by atoms with van der Waals surface area (Å²) in [5.41, 5.74) is -0.931. The third kappa shape index (κ3) is 1.00. The minimum atomic E-state index is -0.764. The molecule has 4 nitrogen and oxygen atoms in total. The summed E-state index contributed by atoms with van der Waals surface area (Å²) in [6.07, 6.45) is 0. The van der Waals surface area contributed by atoms with E-state index < -0.39 is 17.0 Å². The fraction of sp³-hybridized carbons (Fsp3) is 1.00. The summed E-state index contributed by atoms with van der Waals surface area (Å²) >= 11 is 0. The maximum absolute atomic E-state index is 5.56. The van der Waals surface area contributed by atoms with Crippen LogP contribution in [0.3, 0.4) is 0 Å². The van der Waals surface area contributed by atoms with Gasteiger partial charge in [0.1, 0.15) is 11.2 Å². The van der Waals surface area contributed by atoms with Crippen LogP contribution in [0.15, 0.2) is 0 Å². The average Bonchev–Trinajstić information content (AvgIpc) is 2.41. The van der Waals surface area contributed by atoms with E-state index in [1.165, 1.54) is 0 Å². The van der Waals surface area contributed by atoms with E-state index in [-0.39, 0.29) is 13.6 Å². The molecule has 2 aliphatic heterocycles. The van der Waals surface area contributed by atoms with Crippen LogP contribution in [0, 0.1) is 0 Å². The predicted octanol–water partition coefficient (Wildman–Crippen LogP) is 1.25. The molecular weight excluding hydrogens is 172 g/mol. The van der Waals surface area contributed by atoms with Crippen molar-refractivity contribution >= 4 is 0 Å². The first kappa shape index (κ1) is 9.40. The molecule has 0 amide bonds. The van der Waals surface area contributed by atoms with Gasteiger partial charge in [0.2, 0.25) is 5.79 Å². The molecule has 2 saturated heterocycles. The van der Waals surface area contributed by atoms with Gasteiger partial charge in [-0.3, -0.25) is 0 Å². The van der Waals surface area contributed by atoms with Crippen molar-refractivity contribution in [2.24, 2.45) is 0 Å². The Morgan fingerprint density at radius 2 is 1.08 bits per heavy atom. The molecule has 2 heterocycles. The minimum absolute atomic E-state index is 0.264. The van der Waals surface area contributed by atoms with Crippen LogP contribution < -0.4 is 0 Å². The summed E-state index contributed by atoms with van der Waals surface area (Å²) in [4.78, 5) is 0. The molecule has 2 fully saturated rings. The molecule has 76 valence electrons. The highest BCUT2D eigenvalue weighted by atomic mass is 16.9. The molecular formula is C9H16O4. The smallest absolute Gasteiger partial charge is 0.230 e. The molecule has 0 atom stereocenters. The molecule has 0 aromatic carbocycles. The summed E-state index contributed by atoms with van der Waals surface area (Å²) in [6.45, 7) is 8.35. The monoisotopic (exact) mass is 188 g/mol. The summed E-state index contributed by atoms with van der Waals surface area (Å²) < 4.78 is 22.1. The maximum atomic E-state index is 5.56. The Kier molecular flexibility index (Phi) is 1.77. The quantitative estimate of drug-likeness (QED) is 0.573. The molecule has 0 aliphatic carbocycles. The van der Waals surface area contributed by atoms with E-state index in [4.69, 9.17) is 18.9 Å². The van der Waals surface area contributed by atoms with Crippen molar-refractivity contribution in [2.45, 2.75) is 44.7 Å². The Balaban J connectivity index is 2.39. The molecule has 2 rings (SSSR count). The minimum Gasteiger partial charge on any atom is -0.344 e. The lowest BCUT2D eigenvalue weighted by Gasteiger charge is -2.40. The Morgan fingerprint density at radius 1 is 0.692 bits per heavy atom. The van der Waals surface area contributed by atoms with E-state index in [1.807, 2.05) is 27.7 Å². The van der Waals surface area contributed by atoms with Crippen molar-refractivity contribution in [1.29, 1.82) is 0 Å². The lowest BCUT2D eigenvalue weighted by molar-refractivity contribution is -0.237. The topological polar surface area (TPSA) is 36.9 Å². The van der Waals surface area contributed by atoms with Crippen LogP contribution in [0.2, 0.25) is 0 Å². The second-order valence-corrected chi connectivity index (χ2v) is 4.45. The van der Waals surface area contributed by atoms with Crippen molar-refractivity contribution in [1.82, 2.24) is 0 Å². The van der Waals surface area contributed by atoms with Gasteiger partial charge in [0.15, 0.2) is 13.6 Å². The molecule has 0 radical (unpaired) electrons. The van der Waals surface area contributed by atoms with Crippen LogP contribution in [0.5, 0.6) is 0 Å². The van der Waals surface area contributed by atoms with Gasteiger partial charge in [-0.1, -0.05) is 0 Å². The molecule has 1 spiro atoms. The zero-order valence-electron chi connectivity index (χ0n) is 8.55. The Labute approximate surface area is 78.1 Å². The zero-order chi connectivity index (χ0) is 9.74. The first-order valence-electron chi connectivity index (χ1n) is 4.47. The van der Waals surface area contributed by atoms with Crippen LogP contribution in [-0.4, -0.2) is 30.6 Å². The van der Waals surface area contributed by atoms with Crippen molar-refractivity contribution in [3.05, 3.63) is 0 Å². The van der Waals surface area contributed by atoms with Gasteiger partial charge in [-0.15, -0.1) is 0 Å². The molecule has 0 N–H and O–H groups in total. The normalized spacial score (nSPS) is 34.2. The molecule has 0 saturated carbocycles. The van der Waals surface area contributed by atoms with Gasteiger partial charge in [-0.25, -0.2) is 0 Å².